The summed E-state index contributed by atoms with van der Waals surface area (Å²) in [6.07, 6.45) is 9.54. The van der Waals surface area contributed by atoms with Gasteiger partial charge < -0.3 is 19.6 Å². The number of halogens is 2. The highest BCUT2D eigenvalue weighted by atomic mass is 35.5. The number of rotatable bonds is 6. The van der Waals surface area contributed by atoms with E-state index in [1.165, 1.54) is 37.4 Å². The van der Waals surface area contributed by atoms with Gasteiger partial charge in [0.1, 0.15) is 28.9 Å². The lowest BCUT2D eigenvalue weighted by Gasteiger charge is -2.22. The maximum absolute atomic E-state index is 14.1. The molecule has 0 saturated carbocycles. The van der Waals surface area contributed by atoms with E-state index in [2.05, 4.69) is 53.4 Å². The molecule has 0 bridgehead atoms. The number of likely N-dealkylation sites (N-methyl/N-ethyl adjacent to an activating group) is 2. The maximum atomic E-state index is 14.1. The topological polar surface area (TPSA) is 81.6 Å². The van der Waals surface area contributed by atoms with E-state index in [-0.39, 0.29) is 0 Å². The number of aldehydes is 1. The van der Waals surface area contributed by atoms with Gasteiger partial charge in [0, 0.05) is 50.4 Å². The summed E-state index contributed by atoms with van der Waals surface area (Å²) in [7, 11) is 0. The number of aromatic nitrogens is 4. The maximum Gasteiger partial charge on any atom is 0.150 e. The van der Waals surface area contributed by atoms with Crippen molar-refractivity contribution >= 4 is 29.5 Å². The summed E-state index contributed by atoms with van der Waals surface area (Å²) < 4.78 is 14.1. The highest BCUT2D eigenvalue weighted by Gasteiger charge is 2.17. The molecule has 0 radical (unpaired) electrons. The van der Waals surface area contributed by atoms with Crippen molar-refractivity contribution in [2.75, 3.05) is 75.2 Å². The third-order valence-corrected chi connectivity index (χ3v) is 7.52. The Balaban J connectivity index is 0.000000201. The number of anilines is 2. The van der Waals surface area contributed by atoms with Crippen molar-refractivity contribution in [1.29, 1.82) is 0 Å². The molecule has 2 aromatic heterocycles. The van der Waals surface area contributed by atoms with Crippen LogP contribution < -0.4 is 9.80 Å². The van der Waals surface area contributed by atoms with Crippen LogP contribution in [0.3, 0.4) is 0 Å². The Morgan fingerprint density at radius 2 is 1.40 bits per heavy atom. The van der Waals surface area contributed by atoms with Gasteiger partial charge in [0.05, 0.1) is 30.5 Å². The highest BCUT2D eigenvalue weighted by molar-refractivity contribution is 6.29. The second kappa shape index (κ2) is 15.0. The smallest absolute Gasteiger partial charge is 0.150 e. The Bertz CT molecular complexity index is 1250. The molecule has 40 heavy (non-hydrogen) atoms. The van der Waals surface area contributed by atoms with Crippen LogP contribution in [0.1, 0.15) is 37.0 Å². The fourth-order valence-corrected chi connectivity index (χ4v) is 5.11. The molecule has 1 aromatic carbocycles. The summed E-state index contributed by atoms with van der Waals surface area (Å²) in [5, 5.41) is 0.467. The number of hydrogen-bond acceptors (Lipinski definition) is 9. The van der Waals surface area contributed by atoms with Crippen LogP contribution in [-0.2, 0) is 0 Å². The quantitative estimate of drug-likeness (QED) is 0.404. The summed E-state index contributed by atoms with van der Waals surface area (Å²) in [5.41, 5.74) is 1.18. The molecule has 0 unspecified atom stereocenters. The van der Waals surface area contributed by atoms with E-state index in [0.717, 1.165) is 77.0 Å². The van der Waals surface area contributed by atoms with Gasteiger partial charge in [-0.05, 0) is 57.2 Å². The molecule has 0 aliphatic carbocycles. The molecule has 2 aliphatic rings. The summed E-state index contributed by atoms with van der Waals surface area (Å²) >= 11 is 5.85. The minimum atomic E-state index is -0.403. The number of nitrogens with zero attached hydrogens (tertiary/aromatic N) is 8. The Hall–Kier alpha value is -3.21. The predicted octanol–water partition coefficient (Wildman–Crippen LogP) is 4.29. The minimum Gasteiger partial charge on any atom is -0.354 e. The third-order valence-electron chi connectivity index (χ3n) is 7.34. The molecule has 2 fully saturated rings. The van der Waals surface area contributed by atoms with Gasteiger partial charge >= 0.3 is 0 Å². The molecule has 2 saturated heterocycles. The lowest BCUT2D eigenvalue weighted by atomic mass is 10.1. The first-order valence-electron chi connectivity index (χ1n) is 14.0. The number of carbonyl (C=O) groups excluding carboxylic acids is 1. The summed E-state index contributed by atoms with van der Waals surface area (Å²) in [4.78, 5) is 37.4. The first-order chi connectivity index (χ1) is 19.5. The number of carbonyl (C=O) groups is 1. The van der Waals surface area contributed by atoms with Crippen molar-refractivity contribution in [3.05, 3.63) is 59.5 Å². The zero-order valence-corrected chi connectivity index (χ0v) is 24.1. The molecule has 0 N–H and O–H groups in total. The molecule has 0 spiro atoms. The van der Waals surface area contributed by atoms with Crippen LogP contribution >= 0.6 is 11.6 Å². The van der Waals surface area contributed by atoms with E-state index in [9.17, 15) is 9.18 Å². The van der Waals surface area contributed by atoms with Gasteiger partial charge in [-0.3, -0.25) is 14.8 Å². The first-order valence-corrected chi connectivity index (χ1v) is 14.4. The second-order valence-electron chi connectivity index (χ2n) is 9.87. The lowest BCUT2D eigenvalue weighted by Crippen LogP contribution is -2.31. The molecule has 3 aromatic rings. The zero-order valence-electron chi connectivity index (χ0n) is 23.3. The van der Waals surface area contributed by atoms with Gasteiger partial charge in [-0.25, -0.2) is 14.4 Å². The summed E-state index contributed by atoms with van der Waals surface area (Å²) in [5.74, 6) is 1.24. The molecule has 9 nitrogen and oxygen atoms in total. The normalized spacial score (nSPS) is 17.0. The van der Waals surface area contributed by atoms with Crippen molar-refractivity contribution in [3.63, 3.8) is 0 Å². The van der Waals surface area contributed by atoms with E-state index in [1.807, 2.05) is 0 Å². The molecule has 4 heterocycles. The third kappa shape index (κ3) is 8.16. The van der Waals surface area contributed by atoms with Crippen LogP contribution in [-0.4, -0.2) is 101 Å². The van der Waals surface area contributed by atoms with Crippen molar-refractivity contribution in [3.8, 4) is 11.3 Å². The van der Waals surface area contributed by atoms with Crippen molar-refractivity contribution < 1.29 is 9.18 Å². The Kier molecular flexibility index (Phi) is 11.1. The van der Waals surface area contributed by atoms with Crippen LogP contribution in [0.5, 0.6) is 0 Å². The monoisotopic (exact) mass is 568 g/mol. The van der Waals surface area contributed by atoms with Gasteiger partial charge in [-0.15, -0.1) is 0 Å². The lowest BCUT2D eigenvalue weighted by molar-refractivity contribution is 0.112. The van der Waals surface area contributed by atoms with Crippen molar-refractivity contribution in [2.45, 2.75) is 26.7 Å². The van der Waals surface area contributed by atoms with E-state index < -0.39 is 5.82 Å². The Morgan fingerprint density at radius 1 is 0.800 bits per heavy atom. The molecular formula is C29H38ClFN8O. The fraction of sp³-hybridized carbons (Fsp3) is 0.483. The largest absolute Gasteiger partial charge is 0.354 e. The van der Waals surface area contributed by atoms with E-state index in [0.29, 0.717) is 28.3 Å². The van der Waals surface area contributed by atoms with Gasteiger partial charge in [0.25, 0.3) is 0 Å². The average Bonchev–Trinajstić information content (AvgIpc) is 3.39. The van der Waals surface area contributed by atoms with E-state index in [4.69, 9.17) is 11.6 Å². The number of hydrogen-bond donors (Lipinski definition) is 0. The standard InChI is InChI=1S/C18H21FN4O.C11H17ClN4/c1-2-22-6-3-7-23(9-8-22)18-12-20-11-17(21-18)15-10-14(13-24)4-5-16(15)19;1-2-15-4-3-5-16(7-6-15)11-9-13-8-10(12)14-11/h4-5,10-13H,2-3,6-9H2,1H3;8-9H,2-7H2,1H3. The van der Waals surface area contributed by atoms with Gasteiger partial charge in [-0.1, -0.05) is 25.4 Å². The van der Waals surface area contributed by atoms with Crippen LogP contribution in [0, 0.1) is 5.82 Å². The molecule has 2 aliphatic heterocycles. The zero-order chi connectivity index (χ0) is 28.3. The number of benzene rings is 1. The predicted molar refractivity (Wildman–Crippen MR) is 158 cm³/mol. The SMILES string of the molecule is CCN1CCCN(c2cncc(-c3cc(C=O)ccc3F)n2)CC1.CCN1CCCN(c2cncc(Cl)n2)CC1. The van der Waals surface area contributed by atoms with Crippen molar-refractivity contribution in [2.24, 2.45) is 0 Å². The molecule has 0 amide bonds. The van der Waals surface area contributed by atoms with Crippen LogP contribution in [0.4, 0.5) is 16.0 Å². The minimum absolute atomic E-state index is 0.305. The fourth-order valence-electron chi connectivity index (χ4n) is 4.97. The molecular weight excluding hydrogens is 531 g/mol. The van der Waals surface area contributed by atoms with E-state index >= 15 is 0 Å². The van der Waals surface area contributed by atoms with Crippen LogP contribution in [0.25, 0.3) is 11.3 Å². The van der Waals surface area contributed by atoms with Crippen molar-refractivity contribution in [1.82, 2.24) is 29.7 Å². The summed E-state index contributed by atoms with van der Waals surface area (Å²) in [6.45, 7) is 14.7. The van der Waals surface area contributed by atoms with Gasteiger partial charge in [0.2, 0.25) is 0 Å². The van der Waals surface area contributed by atoms with Gasteiger partial charge in [0.15, 0.2) is 0 Å². The summed E-state index contributed by atoms with van der Waals surface area (Å²) in [6, 6.07) is 4.26. The molecule has 0 atom stereocenters. The first kappa shape index (κ1) is 29.8. The van der Waals surface area contributed by atoms with Crippen LogP contribution in [0.2, 0.25) is 5.15 Å². The highest BCUT2D eigenvalue weighted by Crippen LogP contribution is 2.24. The molecule has 214 valence electrons. The van der Waals surface area contributed by atoms with Gasteiger partial charge in [-0.2, -0.15) is 0 Å². The Labute approximate surface area is 241 Å². The Morgan fingerprint density at radius 3 is 1.98 bits per heavy atom. The van der Waals surface area contributed by atoms with Crippen LogP contribution in [0.15, 0.2) is 43.0 Å². The molecule has 5 rings (SSSR count). The molecule has 11 heteroatoms. The average molecular weight is 569 g/mol. The second-order valence-corrected chi connectivity index (χ2v) is 10.3. The van der Waals surface area contributed by atoms with E-state index in [1.54, 1.807) is 18.6 Å².